The van der Waals surface area contributed by atoms with Crippen LogP contribution in [0.1, 0.15) is 5.69 Å². The van der Waals surface area contributed by atoms with Gasteiger partial charge in [-0.1, -0.05) is 36.4 Å². The Hall–Kier alpha value is -3.67. The van der Waals surface area contributed by atoms with E-state index >= 15 is 0 Å². The van der Waals surface area contributed by atoms with E-state index in [1.165, 1.54) is 0 Å². The highest BCUT2D eigenvalue weighted by Gasteiger charge is 2.12. The lowest BCUT2D eigenvalue weighted by Gasteiger charge is -2.07. The Morgan fingerprint density at radius 1 is 0.926 bits per heavy atom. The minimum Gasteiger partial charge on any atom is -0.508 e. The van der Waals surface area contributed by atoms with Crippen LogP contribution >= 0.6 is 0 Å². The monoisotopic (exact) mass is 363 g/mol. The van der Waals surface area contributed by atoms with Gasteiger partial charge >= 0.3 is 0 Å². The first-order chi connectivity index (χ1) is 12.9. The molecule has 3 aromatic carbocycles. The number of fused-ring (bicyclic) bond motifs is 1. The molecule has 138 valence electrons. The van der Waals surface area contributed by atoms with Crippen LogP contribution in [0.15, 0.2) is 71.5 Å². The van der Waals surface area contributed by atoms with Crippen molar-refractivity contribution in [1.29, 1.82) is 0 Å². The molecule has 0 spiro atoms. The third kappa shape index (κ3) is 3.50. The first-order valence-corrected chi connectivity index (χ1v) is 8.40. The predicted octanol–water partition coefficient (Wildman–Crippen LogP) is 3.32. The van der Waals surface area contributed by atoms with Gasteiger partial charge in [-0.3, -0.25) is 9.48 Å². The van der Waals surface area contributed by atoms with E-state index in [-0.39, 0.29) is 17.1 Å². The lowest BCUT2D eigenvalue weighted by Crippen LogP contribution is -2.20. The van der Waals surface area contributed by atoms with E-state index in [0.717, 1.165) is 16.8 Å². The molecule has 0 atom stereocenters. The number of hydrogen-bond donors (Lipinski definition) is 3. The number of aromatic hydroxyl groups is 2. The fraction of sp³-hybridized carbons (Fsp3) is 0.0952. The van der Waals surface area contributed by atoms with E-state index in [9.17, 15) is 9.90 Å². The summed E-state index contributed by atoms with van der Waals surface area (Å²) < 4.78 is 3.32. The molecule has 1 heterocycles. The molecule has 0 unspecified atom stereocenters. The summed E-state index contributed by atoms with van der Waals surface area (Å²) in [6.45, 7) is 1.83. The van der Waals surface area contributed by atoms with E-state index < -0.39 is 0 Å². The van der Waals surface area contributed by atoms with Gasteiger partial charge < -0.3 is 15.9 Å². The number of benzene rings is 3. The van der Waals surface area contributed by atoms with Crippen molar-refractivity contribution in [3.05, 3.63) is 82.8 Å². The minimum absolute atomic E-state index is 0.166. The van der Waals surface area contributed by atoms with Crippen LogP contribution in [0.2, 0.25) is 0 Å². The van der Waals surface area contributed by atoms with Gasteiger partial charge in [0.1, 0.15) is 17.2 Å². The topological polar surface area (TPSA) is 93.4 Å². The molecule has 1 aromatic heterocycles. The summed E-state index contributed by atoms with van der Waals surface area (Å²) in [6.07, 6.45) is 0. The molecule has 0 radical (unpaired) electrons. The van der Waals surface area contributed by atoms with E-state index in [1.807, 2.05) is 50.4 Å². The molecule has 0 aliphatic heterocycles. The van der Waals surface area contributed by atoms with E-state index in [2.05, 4.69) is 0 Å². The zero-order chi connectivity index (χ0) is 19.6. The highest BCUT2D eigenvalue weighted by atomic mass is 16.3. The van der Waals surface area contributed by atoms with Gasteiger partial charge in [-0.2, -0.15) is 0 Å². The number of phenols is 2. The number of hydrogen-bond acceptors (Lipinski definition) is 4. The first-order valence-electron chi connectivity index (χ1n) is 8.40. The average molecular weight is 363 g/mol. The number of nitrogens with two attached hydrogens (primary N) is 1. The van der Waals surface area contributed by atoms with Crippen LogP contribution in [0.25, 0.3) is 16.5 Å². The molecule has 0 fully saturated rings. The van der Waals surface area contributed by atoms with E-state index in [1.54, 1.807) is 39.7 Å². The van der Waals surface area contributed by atoms with Gasteiger partial charge in [0.2, 0.25) is 0 Å². The van der Waals surface area contributed by atoms with E-state index in [4.69, 9.17) is 10.8 Å². The van der Waals surface area contributed by atoms with Gasteiger partial charge in [0.25, 0.3) is 5.56 Å². The van der Waals surface area contributed by atoms with Gasteiger partial charge in [0, 0.05) is 12.4 Å². The summed E-state index contributed by atoms with van der Waals surface area (Å²) >= 11 is 0. The molecular weight excluding hydrogens is 342 g/mol. The Balaban J connectivity index is 0.000000159. The van der Waals surface area contributed by atoms with Gasteiger partial charge in [0.05, 0.1) is 11.4 Å². The highest BCUT2D eigenvalue weighted by molar-refractivity contribution is 5.89. The smallest absolute Gasteiger partial charge is 0.294 e. The van der Waals surface area contributed by atoms with Gasteiger partial charge in [-0.15, -0.1) is 0 Å². The van der Waals surface area contributed by atoms with E-state index in [0.29, 0.717) is 11.1 Å². The number of phenolic OH excluding ortho intramolecular Hbond substituents is 2. The molecule has 27 heavy (non-hydrogen) atoms. The third-order valence-electron chi connectivity index (χ3n) is 4.44. The molecule has 0 aliphatic rings. The SMILES string of the molecule is Cc1c(N)c(=O)n(-c2ccccc2)n1C.Oc1ccc2cccc(O)c2c1. The van der Waals surface area contributed by atoms with Crippen molar-refractivity contribution in [1.82, 2.24) is 9.36 Å². The van der Waals surface area contributed by atoms with Crippen molar-refractivity contribution in [3.63, 3.8) is 0 Å². The predicted molar refractivity (Wildman–Crippen MR) is 107 cm³/mol. The fourth-order valence-electron chi connectivity index (χ4n) is 2.83. The van der Waals surface area contributed by atoms with Crippen molar-refractivity contribution in [2.24, 2.45) is 7.05 Å². The second-order valence-electron chi connectivity index (χ2n) is 6.16. The molecule has 0 bridgehead atoms. The van der Waals surface area contributed by atoms with Crippen molar-refractivity contribution < 1.29 is 10.2 Å². The normalized spacial score (nSPS) is 10.4. The summed E-state index contributed by atoms with van der Waals surface area (Å²) in [5.74, 6) is 0.368. The molecular formula is C21H21N3O3. The maximum atomic E-state index is 11.8. The van der Waals surface area contributed by atoms with Crippen LogP contribution in [-0.4, -0.2) is 19.6 Å². The van der Waals surface area contributed by atoms with Gasteiger partial charge in [-0.25, -0.2) is 4.68 Å². The largest absolute Gasteiger partial charge is 0.508 e. The summed E-state index contributed by atoms with van der Waals surface area (Å²) in [5.41, 5.74) is 7.43. The zero-order valence-electron chi connectivity index (χ0n) is 15.1. The third-order valence-corrected chi connectivity index (χ3v) is 4.44. The Kier molecular flexibility index (Phi) is 4.90. The Morgan fingerprint density at radius 2 is 1.63 bits per heavy atom. The minimum atomic E-state index is -0.166. The molecule has 0 saturated heterocycles. The molecule has 6 nitrogen and oxygen atoms in total. The lowest BCUT2D eigenvalue weighted by molar-refractivity contribution is 0.471. The van der Waals surface area contributed by atoms with Crippen LogP contribution in [-0.2, 0) is 7.05 Å². The zero-order valence-corrected chi connectivity index (χ0v) is 15.1. The summed E-state index contributed by atoms with van der Waals surface area (Å²) in [4.78, 5) is 11.8. The molecule has 4 rings (SSSR count). The van der Waals surface area contributed by atoms with Crippen molar-refractivity contribution in [3.8, 4) is 17.2 Å². The Labute approximate surface area is 156 Å². The average Bonchev–Trinajstić information content (AvgIpc) is 2.87. The summed E-state index contributed by atoms with van der Waals surface area (Å²) in [5, 5.41) is 20.1. The molecule has 4 aromatic rings. The standard InChI is InChI=1S/C11H13N3O.C10H8O2/c1-8-10(12)11(15)14(13(8)2)9-6-4-3-5-7-9;11-8-5-4-7-2-1-3-10(12)9(7)6-8/h3-7H,12H2,1-2H3;1-6,11-12H. The number of rotatable bonds is 1. The molecule has 0 saturated carbocycles. The Morgan fingerprint density at radius 3 is 2.26 bits per heavy atom. The quantitative estimate of drug-likeness (QED) is 0.484. The second kappa shape index (κ2) is 7.29. The number of nitrogen functional groups attached to an aromatic ring is 1. The fourth-order valence-corrected chi connectivity index (χ4v) is 2.83. The van der Waals surface area contributed by atoms with Crippen molar-refractivity contribution in [2.45, 2.75) is 6.92 Å². The maximum Gasteiger partial charge on any atom is 0.294 e. The van der Waals surface area contributed by atoms with Crippen LogP contribution in [0.3, 0.4) is 0 Å². The first kappa shape index (κ1) is 18.1. The highest BCUT2D eigenvalue weighted by Crippen LogP contribution is 2.27. The van der Waals surface area contributed by atoms with Crippen molar-refractivity contribution >= 4 is 16.5 Å². The number of aromatic nitrogens is 2. The van der Waals surface area contributed by atoms with Crippen LogP contribution in [0, 0.1) is 6.92 Å². The maximum absolute atomic E-state index is 11.8. The van der Waals surface area contributed by atoms with Crippen LogP contribution < -0.4 is 11.3 Å². The van der Waals surface area contributed by atoms with Gasteiger partial charge in [-0.05, 0) is 42.6 Å². The molecule has 4 N–H and O–H groups in total. The van der Waals surface area contributed by atoms with Crippen LogP contribution in [0.4, 0.5) is 5.69 Å². The number of anilines is 1. The summed E-state index contributed by atoms with van der Waals surface area (Å²) in [7, 11) is 1.82. The van der Waals surface area contributed by atoms with Gasteiger partial charge in [0.15, 0.2) is 0 Å². The summed E-state index contributed by atoms with van der Waals surface area (Å²) in [6, 6.07) is 19.6. The molecule has 6 heteroatoms. The second-order valence-corrected chi connectivity index (χ2v) is 6.16. The lowest BCUT2D eigenvalue weighted by atomic mass is 10.1. The number of para-hydroxylation sites is 1. The molecule has 0 amide bonds. The molecule has 0 aliphatic carbocycles. The Bertz CT molecular complexity index is 1140. The van der Waals surface area contributed by atoms with Crippen LogP contribution in [0.5, 0.6) is 11.5 Å². The number of nitrogens with zero attached hydrogens (tertiary/aromatic N) is 2. The van der Waals surface area contributed by atoms with Crippen molar-refractivity contribution in [2.75, 3.05) is 5.73 Å².